The number of hydrogen-bond donors (Lipinski definition) is 1. The van der Waals surface area contributed by atoms with Crippen LogP contribution < -0.4 is 14.8 Å². The van der Waals surface area contributed by atoms with Crippen LogP contribution in [0.25, 0.3) is 0 Å². The zero-order chi connectivity index (χ0) is 14.5. The summed E-state index contributed by atoms with van der Waals surface area (Å²) in [7, 11) is 2.07. The molecule has 1 aromatic carbocycles. The van der Waals surface area contributed by atoms with Gasteiger partial charge in [-0.15, -0.1) is 0 Å². The first-order chi connectivity index (χ1) is 9.61. The molecule has 1 N–H and O–H groups in total. The van der Waals surface area contributed by atoms with Gasteiger partial charge in [0.15, 0.2) is 11.5 Å². The molecule has 1 aliphatic rings. The molecule has 1 aromatic rings. The zero-order valence-electron chi connectivity index (χ0n) is 12.3. The Bertz CT molecular complexity index is 476. The zero-order valence-corrected chi connectivity index (χ0v) is 12.3. The lowest BCUT2D eigenvalue weighted by Crippen LogP contribution is -2.37. The minimum Gasteiger partial charge on any atom is -0.454 e. The maximum absolute atomic E-state index is 12.0. The van der Waals surface area contributed by atoms with Crippen LogP contribution in [0.5, 0.6) is 11.5 Å². The van der Waals surface area contributed by atoms with E-state index < -0.39 is 0 Å². The van der Waals surface area contributed by atoms with Crippen LogP contribution in [-0.2, 0) is 0 Å². The molecule has 1 unspecified atom stereocenters. The molecule has 20 heavy (non-hydrogen) atoms. The van der Waals surface area contributed by atoms with Crippen molar-refractivity contribution in [2.45, 2.75) is 26.3 Å². The Morgan fingerprint density at radius 3 is 2.90 bits per heavy atom. The van der Waals surface area contributed by atoms with Crippen molar-refractivity contribution in [3.63, 3.8) is 0 Å². The van der Waals surface area contributed by atoms with E-state index in [4.69, 9.17) is 9.47 Å². The SMILES string of the molecule is CCC(C)N(C)CCNC(=O)c1ccc2c(c1)OCO2. The van der Waals surface area contributed by atoms with Gasteiger partial charge in [0, 0.05) is 24.7 Å². The van der Waals surface area contributed by atoms with Gasteiger partial charge in [0.2, 0.25) is 6.79 Å². The fourth-order valence-corrected chi connectivity index (χ4v) is 2.02. The highest BCUT2D eigenvalue weighted by Crippen LogP contribution is 2.32. The highest BCUT2D eigenvalue weighted by molar-refractivity contribution is 5.94. The summed E-state index contributed by atoms with van der Waals surface area (Å²) < 4.78 is 10.5. The number of ether oxygens (including phenoxy) is 2. The van der Waals surface area contributed by atoms with E-state index in [1.54, 1.807) is 18.2 Å². The van der Waals surface area contributed by atoms with Crippen LogP contribution in [0.1, 0.15) is 30.6 Å². The number of benzene rings is 1. The molecule has 0 fully saturated rings. The molecule has 5 heteroatoms. The van der Waals surface area contributed by atoms with Crippen molar-refractivity contribution in [1.82, 2.24) is 10.2 Å². The summed E-state index contributed by atoms with van der Waals surface area (Å²) in [5.41, 5.74) is 0.598. The second-order valence-corrected chi connectivity index (χ2v) is 5.06. The van der Waals surface area contributed by atoms with Crippen LogP contribution in [0.4, 0.5) is 0 Å². The Morgan fingerprint density at radius 1 is 1.40 bits per heavy atom. The van der Waals surface area contributed by atoms with E-state index in [0.29, 0.717) is 29.6 Å². The van der Waals surface area contributed by atoms with Gasteiger partial charge in [-0.25, -0.2) is 0 Å². The highest BCUT2D eigenvalue weighted by atomic mass is 16.7. The standard InChI is InChI=1S/C15H22N2O3/c1-4-11(2)17(3)8-7-16-15(18)12-5-6-13-14(9-12)20-10-19-13/h5-6,9,11H,4,7-8,10H2,1-3H3,(H,16,18). The van der Waals surface area contributed by atoms with Crippen LogP contribution in [0.2, 0.25) is 0 Å². The van der Waals surface area contributed by atoms with Crippen molar-refractivity contribution in [3.05, 3.63) is 23.8 Å². The summed E-state index contributed by atoms with van der Waals surface area (Å²) in [5, 5.41) is 2.92. The summed E-state index contributed by atoms with van der Waals surface area (Å²) in [6.07, 6.45) is 1.10. The summed E-state index contributed by atoms with van der Waals surface area (Å²) >= 11 is 0. The van der Waals surface area contributed by atoms with E-state index in [0.717, 1.165) is 13.0 Å². The smallest absolute Gasteiger partial charge is 0.251 e. The first kappa shape index (κ1) is 14.7. The van der Waals surface area contributed by atoms with Gasteiger partial charge in [-0.3, -0.25) is 4.79 Å². The van der Waals surface area contributed by atoms with Gasteiger partial charge in [0.05, 0.1) is 0 Å². The van der Waals surface area contributed by atoms with E-state index in [-0.39, 0.29) is 12.7 Å². The molecule has 5 nitrogen and oxygen atoms in total. The number of nitrogens with zero attached hydrogens (tertiary/aromatic N) is 1. The van der Waals surface area contributed by atoms with Gasteiger partial charge in [-0.2, -0.15) is 0 Å². The lowest BCUT2D eigenvalue weighted by atomic mass is 10.2. The Balaban J connectivity index is 1.83. The minimum atomic E-state index is -0.0825. The summed E-state index contributed by atoms with van der Waals surface area (Å²) in [6.45, 7) is 6.03. The monoisotopic (exact) mass is 278 g/mol. The first-order valence-electron chi connectivity index (χ1n) is 7.00. The molecule has 1 aliphatic heterocycles. The van der Waals surface area contributed by atoms with Gasteiger partial charge in [-0.05, 0) is 38.6 Å². The predicted molar refractivity (Wildman–Crippen MR) is 77.3 cm³/mol. The van der Waals surface area contributed by atoms with E-state index >= 15 is 0 Å². The summed E-state index contributed by atoms with van der Waals surface area (Å²) in [6, 6.07) is 5.76. The van der Waals surface area contributed by atoms with Crippen LogP contribution in [0, 0.1) is 0 Å². The van der Waals surface area contributed by atoms with Crippen molar-refractivity contribution >= 4 is 5.91 Å². The minimum absolute atomic E-state index is 0.0825. The summed E-state index contributed by atoms with van der Waals surface area (Å²) in [5.74, 6) is 1.24. The van der Waals surface area contributed by atoms with Crippen molar-refractivity contribution in [2.75, 3.05) is 26.9 Å². The number of hydrogen-bond acceptors (Lipinski definition) is 4. The Labute approximate surface area is 119 Å². The fraction of sp³-hybridized carbons (Fsp3) is 0.533. The molecule has 0 aromatic heterocycles. The maximum Gasteiger partial charge on any atom is 0.251 e. The fourth-order valence-electron chi connectivity index (χ4n) is 2.02. The second kappa shape index (κ2) is 6.61. The van der Waals surface area contributed by atoms with E-state index in [1.807, 2.05) is 0 Å². The molecule has 1 atom stereocenters. The number of amides is 1. The van der Waals surface area contributed by atoms with Crippen molar-refractivity contribution in [1.29, 1.82) is 0 Å². The van der Waals surface area contributed by atoms with Crippen LogP contribution >= 0.6 is 0 Å². The van der Waals surface area contributed by atoms with Crippen molar-refractivity contribution < 1.29 is 14.3 Å². The molecule has 0 radical (unpaired) electrons. The third-order valence-corrected chi connectivity index (χ3v) is 3.73. The third kappa shape index (κ3) is 3.42. The average Bonchev–Trinajstić information content (AvgIpc) is 2.93. The molecule has 0 saturated carbocycles. The van der Waals surface area contributed by atoms with Crippen LogP contribution in [0.3, 0.4) is 0 Å². The summed E-state index contributed by atoms with van der Waals surface area (Å²) in [4.78, 5) is 14.3. The molecule has 0 bridgehead atoms. The van der Waals surface area contributed by atoms with Gasteiger partial charge in [0.1, 0.15) is 0 Å². The Kier molecular flexibility index (Phi) is 4.84. The quantitative estimate of drug-likeness (QED) is 0.863. The van der Waals surface area contributed by atoms with E-state index in [9.17, 15) is 4.79 Å². The molecule has 110 valence electrons. The average molecular weight is 278 g/mol. The topological polar surface area (TPSA) is 50.8 Å². The normalized spacial score (nSPS) is 14.4. The lowest BCUT2D eigenvalue weighted by Gasteiger charge is -2.23. The van der Waals surface area contributed by atoms with E-state index in [2.05, 4.69) is 31.1 Å². The molecule has 1 amide bonds. The maximum atomic E-state index is 12.0. The van der Waals surface area contributed by atoms with Gasteiger partial charge in [-0.1, -0.05) is 6.92 Å². The molecular weight excluding hydrogens is 256 g/mol. The molecule has 1 heterocycles. The second-order valence-electron chi connectivity index (χ2n) is 5.06. The van der Waals surface area contributed by atoms with Crippen molar-refractivity contribution in [2.24, 2.45) is 0 Å². The molecule has 0 saturated heterocycles. The first-order valence-corrected chi connectivity index (χ1v) is 7.00. The molecule has 0 aliphatic carbocycles. The number of carbonyl (C=O) groups is 1. The Morgan fingerprint density at radius 2 is 2.15 bits per heavy atom. The van der Waals surface area contributed by atoms with Crippen LogP contribution in [0.15, 0.2) is 18.2 Å². The molecule has 0 spiro atoms. The van der Waals surface area contributed by atoms with Gasteiger partial charge < -0.3 is 19.7 Å². The number of likely N-dealkylation sites (N-methyl/N-ethyl adjacent to an activating group) is 1. The number of fused-ring (bicyclic) bond motifs is 1. The number of nitrogens with one attached hydrogen (secondary N) is 1. The number of carbonyl (C=O) groups excluding carboxylic acids is 1. The van der Waals surface area contributed by atoms with Crippen molar-refractivity contribution in [3.8, 4) is 11.5 Å². The third-order valence-electron chi connectivity index (χ3n) is 3.73. The largest absolute Gasteiger partial charge is 0.454 e. The predicted octanol–water partition coefficient (Wildman–Crippen LogP) is 1.88. The highest BCUT2D eigenvalue weighted by Gasteiger charge is 2.16. The van der Waals surface area contributed by atoms with E-state index in [1.165, 1.54) is 0 Å². The van der Waals surface area contributed by atoms with Gasteiger partial charge >= 0.3 is 0 Å². The van der Waals surface area contributed by atoms with Crippen LogP contribution in [-0.4, -0.2) is 43.8 Å². The molecular formula is C15H22N2O3. The lowest BCUT2D eigenvalue weighted by molar-refractivity contribution is 0.0947. The number of rotatable bonds is 6. The van der Waals surface area contributed by atoms with Gasteiger partial charge in [0.25, 0.3) is 5.91 Å². The Hall–Kier alpha value is -1.75. The molecule has 2 rings (SSSR count).